The van der Waals surface area contributed by atoms with Gasteiger partial charge in [-0.2, -0.15) is 14.2 Å². The summed E-state index contributed by atoms with van der Waals surface area (Å²) in [5, 5.41) is 1.77. The Morgan fingerprint density at radius 3 is 2.45 bits per heavy atom. The molecule has 1 aliphatic rings. The van der Waals surface area contributed by atoms with Gasteiger partial charge in [-0.25, -0.2) is 0 Å². The highest BCUT2D eigenvalue weighted by atomic mass is 32.2. The predicted octanol–water partition coefficient (Wildman–Crippen LogP) is 5.32. The van der Waals surface area contributed by atoms with Crippen LogP contribution in [0.5, 0.6) is 0 Å². The first-order valence-corrected chi connectivity index (χ1v) is 11.9. The van der Waals surface area contributed by atoms with Crippen LogP contribution in [-0.4, -0.2) is 35.0 Å². The van der Waals surface area contributed by atoms with Gasteiger partial charge in [0.1, 0.15) is 13.1 Å². The number of hydroxylamine groups is 2. The predicted molar refractivity (Wildman–Crippen MR) is 127 cm³/mol. The Bertz CT molecular complexity index is 965. The highest BCUT2D eigenvalue weighted by Gasteiger charge is 2.44. The third kappa shape index (κ3) is 5.09. The number of aryl methyl sites for hydroxylation is 1. The highest BCUT2D eigenvalue weighted by Crippen LogP contribution is 2.42. The summed E-state index contributed by atoms with van der Waals surface area (Å²) in [6.45, 7) is 16.5. The molecule has 1 aromatic carbocycles. The fourth-order valence-electron chi connectivity index (χ4n) is 4.07. The molecular formula is C25H35N3O2S+2. The van der Waals surface area contributed by atoms with Crippen LogP contribution in [0.25, 0.3) is 6.08 Å². The maximum atomic E-state index is 5.41. The van der Waals surface area contributed by atoms with Crippen LogP contribution in [0.1, 0.15) is 52.8 Å². The first kappa shape index (κ1) is 23.7. The normalized spacial score (nSPS) is 15.3. The molecule has 0 bridgehead atoms. The molecule has 0 aliphatic carbocycles. The second-order valence-corrected chi connectivity index (χ2v) is 8.79. The summed E-state index contributed by atoms with van der Waals surface area (Å²) < 4.78 is 10.1. The third-order valence-electron chi connectivity index (χ3n) is 5.88. The van der Waals surface area contributed by atoms with Gasteiger partial charge in [-0.05, 0) is 59.7 Å². The van der Waals surface area contributed by atoms with E-state index in [1.165, 1.54) is 34.7 Å². The van der Waals surface area contributed by atoms with Gasteiger partial charge in [-0.3, -0.25) is 0 Å². The molecule has 0 spiro atoms. The Balaban J connectivity index is 1.86. The van der Waals surface area contributed by atoms with Crippen molar-refractivity contribution < 1.29 is 18.5 Å². The van der Waals surface area contributed by atoms with Crippen molar-refractivity contribution in [3.8, 4) is 0 Å². The van der Waals surface area contributed by atoms with Crippen molar-refractivity contribution in [3.63, 3.8) is 0 Å². The Morgan fingerprint density at radius 2 is 1.77 bits per heavy atom. The summed E-state index contributed by atoms with van der Waals surface area (Å²) in [7, 11) is 0. The molecule has 0 amide bonds. The summed E-state index contributed by atoms with van der Waals surface area (Å²) in [4.78, 5) is 6.39. The molecule has 2 heterocycles. The Labute approximate surface area is 191 Å². The highest BCUT2D eigenvalue weighted by molar-refractivity contribution is 7.94. The van der Waals surface area contributed by atoms with Gasteiger partial charge in [0.05, 0.1) is 17.5 Å². The Hall–Kier alpha value is -1.99. The molecule has 0 unspecified atom stereocenters. The largest absolute Gasteiger partial charge is 0.209 e. The van der Waals surface area contributed by atoms with Crippen LogP contribution < -0.4 is 4.57 Å². The first-order chi connectivity index (χ1) is 15.0. The molecule has 2 aromatic rings. The molecule has 1 aromatic heterocycles. The molecule has 3 rings (SSSR count). The molecule has 5 nitrogen and oxygen atoms in total. The van der Waals surface area contributed by atoms with Gasteiger partial charge >= 0.3 is 0 Å². The molecule has 1 aliphatic heterocycles. The number of hydrogen-bond acceptors (Lipinski definition) is 4. The number of benzene rings is 1. The van der Waals surface area contributed by atoms with Crippen molar-refractivity contribution in [1.29, 1.82) is 0 Å². The van der Waals surface area contributed by atoms with Crippen molar-refractivity contribution >= 4 is 29.5 Å². The van der Waals surface area contributed by atoms with E-state index in [-0.39, 0.29) is 5.41 Å². The summed E-state index contributed by atoms with van der Waals surface area (Å²) in [6.07, 6.45) is 6.63. The van der Waals surface area contributed by atoms with Crippen molar-refractivity contribution in [2.75, 3.05) is 19.6 Å². The summed E-state index contributed by atoms with van der Waals surface area (Å²) in [5.74, 6) is 0. The molecular weight excluding hydrogens is 406 g/mol. The van der Waals surface area contributed by atoms with E-state index < -0.39 is 0 Å². The Morgan fingerprint density at radius 1 is 1.00 bits per heavy atom. The summed E-state index contributed by atoms with van der Waals surface area (Å²) >= 11 is 1.26. The first-order valence-electron chi connectivity index (χ1n) is 11.2. The van der Waals surface area contributed by atoms with E-state index in [0.29, 0.717) is 0 Å². The lowest BCUT2D eigenvalue weighted by Gasteiger charge is -2.17. The Kier molecular flexibility index (Phi) is 8.06. The molecule has 6 heteroatoms. The van der Waals surface area contributed by atoms with Crippen molar-refractivity contribution in [3.05, 3.63) is 59.9 Å². The van der Waals surface area contributed by atoms with E-state index >= 15 is 0 Å². The molecule has 166 valence electrons. The van der Waals surface area contributed by atoms with E-state index in [4.69, 9.17) is 9.32 Å². The quantitative estimate of drug-likeness (QED) is 0.216. The van der Waals surface area contributed by atoms with Crippen LogP contribution in [-0.2, 0) is 21.3 Å². The van der Waals surface area contributed by atoms with Crippen LogP contribution in [0.15, 0.2) is 53.6 Å². The van der Waals surface area contributed by atoms with Gasteiger partial charge < -0.3 is 0 Å². The van der Waals surface area contributed by atoms with E-state index in [1.807, 2.05) is 13.8 Å². The van der Waals surface area contributed by atoms with Gasteiger partial charge in [-0.1, -0.05) is 0 Å². The minimum absolute atomic E-state index is 0.107. The average molecular weight is 442 g/mol. The third-order valence-corrected chi connectivity index (χ3v) is 6.45. The second-order valence-electron chi connectivity index (χ2n) is 8.02. The average Bonchev–Trinajstić information content (AvgIpc) is 3.01. The van der Waals surface area contributed by atoms with Crippen LogP contribution >= 0.6 is 12.0 Å². The van der Waals surface area contributed by atoms with E-state index in [9.17, 15) is 0 Å². The molecule has 31 heavy (non-hydrogen) atoms. The van der Waals surface area contributed by atoms with Gasteiger partial charge in [0.25, 0.3) is 0 Å². The maximum absolute atomic E-state index is 5.41. The number of nitrogens with zero attached hydrogens (tertiary/aromatic N) is 3. The van der Waals surface area contributed by atoms with Gasteiger partial charge in [0.2, 0.25) is 11.4 Å². The van der Waals surface area contributed by atoms with Crippen molar-refractivity contribution in [2.45, 2.75) is 58.4 Å². The van der Waals surface area contributed by atoms with Crippen LogP contribution in [0.2, 0.25) is 0 Å². The van der Waals surface area contributed by atoms with E-state index in [2.05, 4.69) is 91.6 Å². The smallest absolute Gasteiger partial charge is 0.199 e. The van der Waals surface area contributed by atoms with Crippen LogP contribution in [0.4, 0.5) is 5.69 Å². The van der Waals surface area contributed by atoms with E-state index in [0.717, 1.165) is 31.1 Å². The number of pyridine rings is 1. The van der Waals surface area contributed by atoms with Gasteiger partial charge in [-0.15, -0.1) is 9.32 Å². The molecule has 0 fully saturated rings. The number of fused-ring (bicyclic) bond motifs is 1. The minimum Gasteiger partial charge on any atom is -0.199 e. The lowest BCUT2D eigenvalue weighted by Crippen LogP contribution is -2.35. The lowest BCUT2D eigenvalue weighted by molar-refractivity contribution is -0.695. The minimum atomic E-state index is -0.107. The fraction of sp³-hybridized carbons (Fsp3) is 0.440. The molecule has 0 radical (unpaired) electrons. The van der Waals surface area contributed by atoms with Gasteiger partial charge in [0, 0.05) is 53.9 Å². The zero-order valence-electron chi connectivity index (χ0n) is 19.6. The monoisotopic (exact) mass is 441 g/mol. The SMILES string of the molecule is CCN(CC)OOSc1ccc2c(c1)C(C)(C)C(C=Cc1cccc[n+]1CC)=[N+]2CC. The molecule has 0 saturated heterocycles. The van der Waals surface area contributed by atoms with Crippen molar-refractivity contribution in [1.82, 2.24) is 5.06 Å². The van der Waals surface area contributed by atoms with Crippen molar-refractivity contribution in [2.24, 2.45) is 0 Å². The standard InChI is InChI=1S/C25H35N3O2S/c1-7-26-18-12-11-13-20(26)14-17-24-25(5,6)22-19-21(15-16-23(22)28(24)10-4)31-30-29-27(8-2)9-3/h11-19H,7-10H2,1-6H3/q+2. The fourth-order valence-corrected chi connectivity index (χ4v) is 4.55. The number of aromatic nitrogens is 1. The maximum Gasteiger partial charge on any atom is 0.209 e. The van der Waals surface area contributed by atoms with Gasteiger partial charge in [0.15, 0.2) is 11.9 Å². The lowest BCUT2D eigenvalue weighted by atomic mass is 9.81. The summed E-state index contributed by atoms with van der Waals surface area (Å²) in [5.41, 5.74) is 4.97. The topological polar surface area (TPSA) is 28.6 Å². The number of hydrogen-bond donors (Lipinski definition) is 0. The second kappa shape index (κ2) is 10.6. The molecule has 0 N–H and O–H groups in total. The van der Waals surface area contributed by atoms with Crippen LogP contribution in [0.3, 0.4) is 0 Å². The van der Waals surface area contributed by atoms with E-state index in [1.54, 1.807) is 5.06 Å². The molecule has 0 saturated carbocycles. The zero-order valence-corrected chi connectivity index (χ0v) is 20.4. The van der Waals surface area contributed by atoms with Crippen LogP contribution in [0, 0.1) is 0 Å². The summed E-state index contributed by atoms with van der Waals surface area (Å²) in [6, 6.07) is 12.8. The molecule has 0 atom stereocenters. The number of allylic oxidation sites excluding steroid dienone is 1. The number of rotatable bonds is 10. The zero-order chi connectivity index (χ0) is 22.4.